The first-order chi connectivity index (χ1) is 17.8. The summed E-state index contributed by atoms with van der Waals surface area (Å²) in [5.74, 6) is -1.03. The zero-order valence-electron chi connectivity index (χ0n) is 21.8. The van der Waals surface area contributed by atoms with Gasteiger partial charge in [0.25, 0.3) is 0 Å². The molecule has 0 spiro atoms. The number of nitrogens with zero attached hydrogens (tertiary/aromatic N) is 1. The van der Waals surface area contributed by atoms with Crippen molar-refractivity contribution in [2.24, 2.45) is 0 Å². The third kappa shape index (κ3) is 6.30. The number of carbonyl (C=O) groups is 1. The van der Waals surface area contributed by atoms with Crippen LogP contribution in [0.1, 0.15) is 73.8 Å². The zero-order valence-corrected chi connectivity index (χ0v) is 21.8. The highest BCUT2D eigenvalue weighted by atomic mass is 16.4. The third-order valence-electron chi connectivity index (χ3n) is 7.86. The van der Waals surface area contributed by atoms with Crippen LogP contribution in [0.2, 0.25) is 0 Å². The standard InChI is InChI=1S/C32H39NO4/c1-32(2,31(36)37)27-17-10-9-16-26(27)29(35)18-11-20-33-21-19-25(34)22-28(33)30(23-12-5-3-6-13-23)24-14-7-4-8-15-24/h3-10,12-17,25,28-30,34-35H,11,18-22H2,1-2H3,(H,36,37)/p-1. The highest BCUT2D eigenvalue weighted by Gasteiger charge is 2.35. The first-order valence-corrected chi connectivity index (χ1v) is 13.3. The van der Waals surface area contributed by atoms with Gasteiger partial charge in [-0.1, -0.05) is 98.8 Å². The summed E-state index contributed by atoms with van der Waals surface area (Å²) in [6, 6.07) is 28.3. The molecule has 1 saturated heterocycles. The predicted molar refractivity (Wildman–Crippen MR) is 144 cm³/mol. The maximum Gasteiger partial charge on any atom is 0.0793 e. The average Bonchev–Trinajstić information content (AvgIpc) is 2.91. The molecule has 4 rings (SSSR count). The van der Waals surface area contributed by atoms with E-state index in [2.05, 4.69) is 53.4 Å². The Kier molecular flexibility index (Phi) is 8.80. The lowest BCUT2D eigenvalue weighted by Gasteiger charge is -2.43. The molecule has 1 fully saturated rings. The summed E-state index contributed by atoms with van der Waals surface area (Å²) >= 11 is 0. The first kappa shape index (κ1) is 27.1. The first-order valence-electron chi connectivity index (χ1n) is 13.3. The molecule has 1 heterocycles. The van der Waals surface area contributed by atoms with Gasteiger partial charge in [-0.2, -0.15) is 0 Å². The molecule has 2 N–H and O–H groups in total. The van der Waals surface area contributed by atoms with Crippen LogP contribution in [0.3, 0.4) is 0 Å². The van der Waals surface area contributed by atoms with E-state index in [-0.39, 0.29) is 18.1 Å². The van der Waals surface area contributed by atoms with Crippen molar-refractivity contribution in [2.45, 2.75) is 69.1 Å². The number of hydrogen-bond donors (Lipinski definition) is 2. The minimum atomic E-state index is -1.19. The molecule has 0 radical (unpaired) electrons. The molecule has 0 amide bonds. The molecule has 3 aromatic carbocycles. The Labute approximate surface area is 220 Å². The van der Waals surface area contributed by atoms with Crippen LogP contribution in [0.15, 0.2) is 84.9 Å². The number of likely N-dealkylation sites (tertiary alicyclic amines) is 1. The normalized spacial score (nSPS) is 19.6. The summed E-state index contributed by atoms with van der Waals surface area (Å²) < 4.78 is 0. The van der Waals surface area contributed by atoms with Crippen LogP contribution in [-0.4, -0.2) is 46.3 Å². The Morgan fingerprint density at radius 1 is 0.973 bits per heavy atom. The molecule has 37 heavy (non-hydrogen) atoms. The number of carboxylic acid groups (broad SMARTS) is 1. The molecule has 0 aliphatic carbocycles. The molecule has 0 aromatic heterocycles. The van der Waals surface area contributed by atoms with E-state index in [1.54, 1.807) is 26.0 Å². The number of piperidine rings is 1. The van der Waals surface area contributed by atoms with Gasteiger partial charge in [-0.05, 0) is 54.5 Å². The molecule has 1 aliphatic heterocycles. The number of hydrogen-bond acceptors (Lipinski definition) is 5. The zero-order chi connectivity index (χ0) is 26.4. The van der Waals surface area contributed by atoms with Crippen LogP contribution in [0.25, 0.3) is 0 Å². The van der Waals surface area contributed by atoms with Gasteiger partial charge in [0.1, 0.15) is 0 Å². The summed E-state index contributed by atoms with van der Waals surface area (Å²) in [5, 5.41) is 33.5. The molecule has 3 unspecified atom stereocenters. The summed E-state index contributed by atoms with van der Waals surface area (Å²) in [5.41, 5.74) is 2.51. The Hall–Kier alpha value is -2.99. The van der Waals surface area contributed by atoms with E-state index < -0.39 is 17.5 Å². The minimum Gasteiger partial charge on any atom is -0.549 e. The van der Waals surface area contributed by atoms with Crippen molar-refractivity contribution in [3.8, 4) is 0 Å². The maximum absolute atomic E-state index is 11.8. The van der Waals surface area contributed by atoms with E-state index in [0.29, 0.717) is 24.0 Å². The molecule has 5 heteroatoms. The molecule has 0 saturated carbocycles. The van der Waals surface area contributed by atoms with Crippen LogP contribution in [0.5, 0.6) is 0 Å². The second-order valence-corrected chi connectivity index (χ2v) is 10.7. The monoisotopic (exact) mass is 500 g/mol. The number of aliphatic carboxylic acids is 1. The number of aliphatic hydroxyl groups is 2. The number of aliphatic hydroxyl groups excluding tert-OH is 2. The van der Waals surface area contributed by atoms with Gasteiger partial charge < -0.3 is 20.1 Å². The second kappa shape index (κ2) is 12.0. The second-order valence-electron chi connectivity index (χ2n) is 10.7. The van der Waals surface area contributed by atoms with Crippen molar-refractivity contribution in [1.82, 2.24) is 4.90 Å². The van der Waals surface area contributed by atoms with Gasteiger partial charge in [0.2, 0.25) is 0 Å². The molecule has 5 nitrogen and oxygen atoms in total. The van der Waals surface area contributed by atoms with E-state index in [4.69, 9.17) is 0 Å². The lowest BCUT2D eigenvalue weighted by molar-refractivity contribution is -0.312. The Balaban J connectivity index is 1.51. The molecule has 1 aliphatic rings. The smallest absolute Gasteiger partial charge is 0.0793 e. The van der Waals surface area contributed by atoms with E-state index in [1.165, 1.54) is 11.1 Å². The van der Waals surface area contributed by atoms with Gasteiger partial charge in [0.15, 0.2) is 0 Å². The fourth-order valence-corrected chi connectivity index (χ4v) is 5.72. The van der Waals surface area contributed by atoms with Crippen molar-refractivity contribution in [3.05, 3.63) is 107 Å². The lowest BCUT2D eigenvalue weighted by atomic mass is 9.79. The predicted octanol–water partition coefficient (Wildman–Crippen LogP) is 4.19. The SMILES string of the molecule is CC(C)(C(=O)[O-])c1ccccc1C(O)CCCN1CCC(O)CC1C(c1ccccc1)c1ccccc1. The summed E-state index contributed by atoms with van der Waals surface area (Å²) in [4.78, 5) is 14.2. The minimum absolute atomic E-state index is 0.131. The Morgan fingerprint density at radius 3 is 2.14 bits per heavy atom. The van der Waals surface area contributed by atoms with E-state index in [0.717, 1.165) is 25.9 Å². The molecule has 196 valence electrons. The average molecular weight is 501 g/mol. The fourth-order valence-electron chi connectivity index (χ4n) is 5.72. The number of carbonyl (C=O) groups excluding carboxylic acids is 1. The van der Waals surface area contributed by atoms with Crippen LogP contribution in [-0.2, 0) is 10.2 Å². The number of carboxylic acids is 1. The van der Waals surface area contributed by atoms with Gasteiger partial charge in [-0.3, -0.25) is 4.90 Å². The van der Waals surface area contributed by atoms with Crippen LogP contribution < -0.4 is 5.11 Å². The van der Waals surface area contributed by atoms with Crippen molar-refractivity contribution in [1.29, 1.82) is 0 Å². The highest BCUT2D eigenvalue weighted by molar-refractivity contribution is 5.79. The third-order valence-corrected chi connectivity index (χ3v) is 7.86. The van der Waals surface area contributed by atoms with Crippen LogP contribution in [0, 0.1) is 0 Å². The van der Waals surface area contributed by atoms with Gasteiger partial charge in [0.05, 0.1) is 18.2 Å². The summed E-state index contributed by atoms with van der Waals surface area (Å²) in [6.07, 6.45) is 1.61. The van der Waals surface area contributed by atoms with Gasteiger partial charge >= 0.3 is 0 Å². The van der Waals surface area contributed by atoms with E-state index >= 15 is 0 Å². The molecule has 3 atom stereocenters. The maximum atomic E-state index is 11.8. The van der Waals surface area contributed by atoms with Crippen molar-refractivity contribution >= 4 is 5.97 Å². The Bertz CT molecular complexity index is 1110. The topological polar surface area (TPSA) is 83.8 Å². The lowest BCUT2D eigenvalue weighted by Crippen LogP contribution is -2.48. The van der Waals surface area contributed by atoms with Gasteiger partial charge in [-0.15, -0.1) is 0 Å². The highest BCUT2D eigenvalue weighted by Crippen LogP contribution is 2.37. The Morgan fingerprint density at radius 2 is 1.54 bits per heavy atom. The van der Waals surface area contributed by atoms with Crippen molar-refractivity contribution in [2.75, 3.05) is 13.1 Å². The van der Waals surface area contributed by atoms with Crippen LogP contribution >= 0.6 is 0 Å². The molecule has 3 aromatic rings. The van der Waals surface area contributed by atoms with Crippen LogP contribution in [0.4, 0.5) is 0 Å². The molecular weight excluding hydrogens is 462 g/mol. The number of benzene rings is 3. The quantitative estimate of drug-likeness (QED) is 0.436. The van der Waals surface area contributed by atoms with Gasteiger partial charge in [0, 0.05) is 23.9 Å². The van der Waals surface area contributed by atoms with Gasteiger partial charge in [-0.25, -0.2) is 0 Å². The van der Waals surface area contributed by atoms with E-state index in [9.17, 15) is 20.1 Å². The molecular formula is C32H38NO4-. The van der Waals surface area contributed by atoms with Crippen molar-refractivity contribution < 1.29 is 20.1 Å². The largest absolute Gasteiger partial charge is 0.549 e. The summed E-state index contributed by atoms with van der Waals surface area (Å²) in [6.45, 7) is 4.82. The van der Waals surface area contributed by atoms with Crippen molar-refractivity contribution in [3.63, 3.8) is 0 Å². The fraction of sp³-hybridized carbons (Fsp3) is 0.406. The molecule has 0 bridgehead atoms. The summed E-state index contributed by atoms with van der Waals surface area (Å²) in [7, 11) is 0. The number of rotatable bonds is 10. The van der Waals surface area contributed by atoms with E-state index in [1.807, 2.05) is 24.3 Å².